The first kappa shape index (κ1) is 11.6. The van der Waals surface area contributed by atoms with Crippen molar-refractivity contribution in [1.82, 2.24) is 9.78 Å². The van der Waals surface area contributed by atoms with Gasteiger partial charge in [0.15, 0.2) is 0 Å². The minimum atomic E-state index is -0.442. The Morgan fingerprint density at radius 2 is 2.35 bits per heavy atom. The van der Waals surface area contributed by atoms with Gasteiger partial charge in [-0.05, 0) is 6.07 Å². The number of nitrogen functional groups attached to an aromatic ring is 1. The van der Waals surface area contributed by atoms with E-state index in [2.05, 4.69) is 5.10 Å². The summed E-state index contributed by atoms with van der Waals surface area (Å²) >= 11 is 1.04. The Morgan fingerprint density at radius 1 is 1.59 bits per heavy atom. The number of aliphatic hydroxyl groups excluding tert-OH is 1. The first-order chi connectivity index (χ1) is 8.11. The van der Waals surface area contributed by atoms with Gasteiger partial charge in [-0.3, -0.25) is 10.1 Å². The van der Waals surface area contributed by atoms with Gasteiger partial charge in [-0.25, -0.2) is 4.68 Å². The zero-order chi connectivity index (χ0) is 12.4. The summed E-state index contributed by atoms with van der Waals surface area (Å²) in [4.78, 5) is 10.8. The maximum Gasteiger partial charge on any atom is 0.324 e. The van der Waals surface area contributed by atoms with Gasteiger partial charge in [-0.1, -0.05) is 11.3 Å². The van der Waals surface area contributed by atoms with Crippen molar-refractivity contribution in [3.63, 3.8) is 0 Å². The molecule has 0 unspecified atom stereocenters. The molecule has 0 aliphatic carbocycles. The molecule has 0 spiro atoms. The number of rotatable bonds is 4. The van der Waals surface area contributed by atoms with Crippen molar-refractivity contribution in [1.29, 1.82) is 0 Å². The van der Waals surface area contributed by atoms with Crippen molar-refractivity contribution in [3.05, 3.63) is 28.3 Å². The number of nitrogens with zero attached hydrogens (tertiary/aromatic N) is 3. The van der Waals surface area contributed by atoms with Crippen LogP contribution in [0.5, 0.6) is 0 Å². The first-order valence-corrected chi connectivity index (χ1v) is 5.62. The first-order valence-electron chi connectivity index (χ1n) is 4.80. The maximum atomic E-state index is 10.6. The predicted octanol–water partition coefficient (Wildman–Crippen LogP) is 1.09. The third-order valence-electron chi connectivity index (χ3n) is 2.15. The highest BCUT2D eigenvalue weighted by Crippen LogP contribution is 2.32. The number of hydrogen-bond acceptors (Lipinski definition) is 6. The van der Waals surface area contributed by atoms with E-state index in [1.54, 1.807) is 12.1 Å². The normalized spacial score (nSPS) is 10.6. The number of hydrogen-bond donors (Lipinski definition) is 2. The Bertz CT molecular complexity index is 548. The van der Waals surface area contributed by atoms with Crippen molar-refractivity contribution in [3.8, 4) is 10.6 Å². The van der Waals surface area contributed by atoms with Gasteiger partial charge < -0.3 is 10.8 Å². The van der Waals surface area contributed by atoms with Gasteiger partial charge in [0.2, 0.25) is 0 Å². The van der Waals surface area contributed by atoms with Crippen LogP contribution in [0.4, 0.5) is 10.8 Å². The number of aliphatic hydroxyl groups is 1. The Morgan fingerprint density at radius 3 is 2.94 bits per heavy atom. The molecule has 0 aromatic carbocycles. The molecule has 0 aliphatic rings. The fourth-order valence-electron chi connectivity index (χ4n) is 1.39. The second kappa shape index (κ2) is 4.52. The zero-order valence-electron chi connectivity index (χ0n) is 8.74. The van der Waals surface area contributed by atoms with Crippen LogP contribution in [0.2, 0.25) is 0 Å². The van der Waals surface area contributed by atoms with Crippen LogP contribution in [0.1, 0.15) is 0 Å². The van der Waals surface area contributed by atoms with Crippen LogP contribution in [0.15, 0.2) is 18.2 Å². The zero-order valence-corrected chi connectivity index (χ0v) is 9.55. The van der Waals surface area contributed by atoms with E-state index < -0.39 is 4.92 Å². The lowest BCUT2D eigenvalue weighted by Crippen LogP contribution is -2.07. The molecule has 0 bridgehead atoms. The number of aromatic nitrogens is 2. The van der Waals surface area contributed by atoms with Crippen molar-refractivity contribution in [2.24, 2.45) is 0 Å². The summed E-state index contributed by atoms with van der Waals surface area (Å²) in [5.41, 5.74) is 6.27. The summed E-state index contributed by atoms with van der Waals surface area (Å²) in [6.07, 6.45) is 0. The van der Waals surface area contributed by atoms with Gasteiger partial charge in [-0.15, -0.1) is 0 Å². The van der Waals surface area contributed by atoms with Gasteiger partial charge in [-0.2, -0.15) is 5.10 Å². The molecule has 90 valence electrons. The van der Waals surface area contributed by atoms with E-state index in [4.69, 9.17) is 10.8 Å². The van der Waals surface area contributed by atoms with Gasteiger partial charge >= 0.3 is 5.00 Å². The van der Waals surface area contributed by atoms with E-state index in [1.807, 2.05) is 0 Å². The van der Waals surface area contributed by atoms with E-state index >= 15 is 0 Å². The van der Waals surface area contributed by atoms with Crippen LogP contribution in [0, 0.1) is 10.1 Å². The summed E-state index contributed by atoms with van der Waals surface area (Å²) in [6, 6.07) is 4.69. The van der Waals surface area contributed by atoms with Crippen LogP contribution >= 0.6 is 11.3 Å². The number of thiophene rings is 1. The minimum Gasteiger partial charge on any atom is -0.394 e. The molecule has 0 aliphatic heterocycles. The van der Waals surface area contributed by atoms with Crippen LogP contribution in [0.3, 0.4) is 0 Å². The lowest BCUT2D eigenvalue weighted by atomic mass is 10.3. The molecule has 0 radical (unpaired) electrons. The smallest absolute Gasteiger partial charge is 0.324 e. The predicted molar refractivity (Wildman–Crippen MR) is 63.7 cm³/mol. The third-order valence-corrected chi connectivity index (χ3v) is 3.21. The topological polar surface area (TPSA) is 107 Å². The number of nitro groups is 1. The molecule has 0 fully saturated rings. The van der Waals surface area contributed by atoms with Gasteiger partial charge in [0.05, 0.1) is 23.0 Å². The molecule has 2 rings (SSSR count). The average molecular weight is 254 g/mol. The third kappa shape index (κ3) is 2.27. The van der Waals surface area contributed by atoms with Gasteiger partial charge in [0, 0.05) is 12.1 Å². The molecule has 2 aromatic rings. The molecule has 0 saturated heterocycles. The SMILES string of the molecule is Nc1cc(-c2ccc([N+](=O)[O-])s2)nn1CCO. The summed E-state index contributed by atoms with van der Waals surface area (Å²) in [7, 11) is 0. The highest BCUT2D eigenvalue weighted by molar-refractivity contribution is 7.18. The molecule has 7 nitrogen and oxygen atoms in total. The Kier molecular flexibility index (Phi) is 3.07. The quantitative estimate of drug-likeness (QED) is 0.627. The molecular formula is C9H10N4O3S. The lowest BCUT2D eigenvalue weighted by Gasteiger charge is -1.98. The van der Waals surface area contributed by atoms with Gasteiger partial charge in [0.1, 0.15) is 11.5 Å². The van der Waals surface area contributed by atoms with Crippen LogP contribution in [-0.2, 0) is 6.54 Å². The van der Waals surface area contributed by atoms with E-state index in [1.165, 1.54) is 10.7 Å². The van der Waals surface area contributed by atoms with Crippen molar-refractivity contribution in [2.45, 2.75) is 6.54 Å². The van der Waals surface area contributed by atoms with E-state index in [-0.39, 0.29) is 11.6 Å². The standard InChI is InChI=1S/C9H10N4O3S/c10-8-5-6(11-12(8)3-4-14)7-1-2-9(17-7)13(15)16/h1-2,5,14H,3-4,10H2. The Balaban J connectivity index is 2.32. The fourth-order valence-corrected chi connectivity index (χ4v) is 2.17. The van der Waals surface area contributed by atoms with Gasteiger partial charge in [0.25, 0.3) is 0 Å². The molecule has 3 N–H and O–H groups in total. The second-order valence-electron chi connectivity index (χ2n) is 3.30. The van der Waals surface area contributed by atoms with Crippen LogP contribution in [0.25, 0.3) is 10.6 Å². The van der Waals surface area contributed by atoms with E-state index in [9.17, 15) is 10.1 Å². The Labute approximate surface area is 100 Å². The second-order valence-corrected chi connectivity index (χ2v) is 4.36. The molecule has 0 saturated carbocycles. The van der Waals surface area contributed by atoms with Crippen molar-refractivity contribution < 1.29 is 10.0 Å². The van der Waals surface area contributed by atoms with Crippen molar-refractivity contribution in [2.75, 3.05) is 12.3 Å². The monoisotopic (exact) mass is 254 g/mol. The minimum absolute atomic E-state index is 0.0596. The fraction of sp³-hybridized carbons (Fsp3) is 0.222. The summed E-state index contributed by atoms with van der Waals surface area (Å²) in [5.74, 6) is 0.421. The summed E-state index contributed by atoms with van der Waals surface area (Å²) < 4.78 is 1.46. The van der Waals surface area contributed by atoms with Crippen LogP contribution in [-0.4, -0.2) is 26.4 Å². The molecule has 8 heteroatoms. The van der Waals surface area contributed by atoms with Crippen LogP contribution < -0.4 is 5.73 Å². The molecule has 17 heavy (non-hydrogen) atoms. The largest absolute Gasteiger partial charge is 0.394 e. The highest BCUT2D eigenvalue weighted by Gasteiger charge is 2.14. The molecule has 2 heterocycles. The highest BCUT2D eigenvalue weighted by atomic mass is 32.1. The molecule has 0 atom stereocenters. The summed E-state index contributed by atoms with van der Waals surface area (Å²) in [5, 5.41) is 23.6. The van der Waals surface area contributed by atoms with Crippen molar-refractivity contribution >= 4 is 22.2 Å². The lowest BCUT2D eigenvalue weighted by molar-refractivity contribution is -0.380. The Hall–Kier alpha value is -1.93. The molecule has 2 aromatic heterocycles. The molecule has 0 amide bonds. The number of anilines is 1. The average Bonchev–Trinajstić information content (AvgIpc) is 2.86. The number of nitrogens with two attached hydrogens (primary N) is 1. The molecular weight excluding hydrogens is 244 g/mol. The van der Waals surface area contributed by atoms with E-state index in [0.29, 0.717) is 22.9 Å². The van der Waals surface area contributed by atoms with E-state index in [0.717, 1.165) is 11.3 Å². The summed E-state index contributed by atoms with van der Waals surface area (Å²) in [6.45, 7) is 0.245. The maximum absolute atomic E-state index is 10.6.